The monoisotopic (exact) mass is 687 g/mol. The third-order valence-corrected chi connectivity index (χ3v) is 15.5. The number of sulfonamides is 1. The van der Waals surface area contributed by atoms with E-state index in [1.165, 1.54) is 7.05 Å². The zero-order chi connectivity index (χ0) is 34.2. The van der Waals surface area contributed by atoms with Crippen molar-refractivity contribution in [2.45, 2.75) is 116 Å². The highest BCUT2D eigenvalue weighted by atomic mass is 32.2. The molecule has 0 bridgehead atoms. The Bertz CT molecular complexity index is 1840. The molecule has 1 N–H and O–H groups in total. The van der Waals surface area contributed by atoms with Gasteiger partial charge in [-0.25, -0.2) is 30.0 Å². The molecule has 0 radical (unpaired) electrons. The van der Waals surface area contributed by atoms with E-state index in [1.807, 2.05) is 36.4 Å². The van der Waals surface area contributed by atoms with Crippen molar-refractivity contribution in [3.05, 3.63) is 89.5 Å². The molecule has 7 nitrogen and oxygen atoms in total. The number of benzene rings is 3. The Morgan fingerprint density at radius 3 is 1.37 bits per heavy atom. The summed E-state index contributed by atoms with van der Waals surface area (Å²) < 4.78 is 77.4. The zero-order valence-electron chi connectivity index (χ0n) is 28.1. The fourth-order valence-corrected chi connectivity index (χ4v) is 9.25. The van der Waals surface area contributed by atoms with Gasteiger partial charge in [0.15, 0.2) is 19.7 Å². The zero-order valence-corrected chi connectivity index (χ0v) is 30.6. The van der Waals surface area contributed by atoms with Crippen molar-refractivity contribution in [1.82, 2.24) is 4.72 Å². The average molecular weight is 688 g/mol. The molecule has 0 saturated heterocycles. The molecule has 252 valence electrons. The summed E-state index contributed by atoms with van der Waals surface area (Å²) in [4.78, 5) is 0.932. The summed E-state index contributed by atoms with van der Waals surface area (Å²) in [7, 11) is -8.70. The van der Waals surface area contributed by atoms with Gasteiger partial charge >= 0.3 is 0 Å². The van der Waals surface area contributed by atoms with Gasteiger partial charge in [-0.2, -0.15) is 0 Å². The maximum atomic E-state index is 12.7. The second-order valence-corrected chi connectivity index (χ2v) is 20.6. The lowest BCUT2D eigenvalue weighted by molar-refractivity contribution is 0.301. The predicted octanol–water partition coefficient (Wildman–Crippen LogP) is 7.10. The Kier molecular flexibility index (Phi) is 10.4. The van der Waals surface area contributed by atoms with Crippen LogP contribution in [0, 0.1) is 0 Å². The van der Waals surface area contributed by atoms with Crippen LogP contribution in [0.1, 0.15) is 96.8 Å². The molecule has 1 aliphatic rings. The maximum Gasteiger partial charge on any atom is 0.240 e. The summed E-state index contributed by atoms with van der Waals surface area (Å²) in [6.45, 7) is 12.6. The van der Waals surface area contributed by atoms with E-state index in [1.54, 1.807) is 43.3 Å². The standard InChI is InChI=1S/C36H49NO6S3/c1-8-44(38,39)30-15-13-29(14-16-30)36(6,26-24-35(4,5)28-11-19-33(20-12-28)46(42,43)37-7)25-23-34(2,3)27-9-17-31(18-10-27)45(40,41)32-21-22-32/h9-20,32,37H,8,21-26H2,1-7H3. The van der Waals surface area contributed by atoms with Gasteiger partial charge in [-0.1, -0.05) is 77.9 Å². The van der Waals surface area contributed by atoms with Crippen LogP contribution in [0.3, 0.4) is 0 Å². The van der Waals surface area contributed by atoms with Crippen molar-refractivity contribution in [3.8, 4) is 0 Å². The first-order valence-electron chi connectivity index (χ1n) is 16.0. The number of hydrogen-bond donors (Lipinski definition) is 1. The van der Waals surface area contributed by atoms with Crippen molar-refractivity contribution in [3.63, 3.8) is 0 Å². The lowest BCUT2D eigenvalue weighted by Gasteiger charge is -2.38. The number of nitrogens with one attached hydrogen (secondary N) is 1. The Hall–Kier alpha value is -2.53. The fourth-order valence-electron chi connectivity index (χ4n) is 5.98. The van der Waals surface area contributed by atoms with Gasteiger partial charge in [-0.15, -0.1) is 0 Å². The van der Waals surface area contributed by atoms with E-state index in [0.29, 0.717) is 9.79 Å². The number of sulfone groups is 2. The van der Waals surface area contributed by atoms with Crippen LogP contribution >= 0.6 is 0 Å². The van der Waals surface area contributed by atoms with E-state index in [0.717, 1.165) is 55.2 Å². The van der Waals surface area contributed by atoms with Gasteiger partial charge in [0.25, 0.3) is 0 Å². The van der Waals surface area contributed by atoms with E-state index in [4.69, 9.17) is 0 Å². The highest BCUT2D eigenvalue weighted by Gasteiger charge is 2.37. The van der Waals surface area contributed by atoms with Crippen LogP contribution < -0.4 is 4.72 Å². The van der Waals surface area contributed by atoms with Crippen LogP contribution in [0.25, 0.3) is 0 Å². The molecule has 0 heterocycles. The van der Waals surface area contributed by atoms with E-state index in [-0.39, 0.29) is 32.1 Å². The van der Waals surface area contributed by atoms with Crippen LogP contribution in [0.4, 0.5) is 0 Å². The van der Waals surface area contributed by atoms with Crippen molar-refractivity contribution in [1.29, 1.82) is 0 Å². The highest BCUT2D eigenvalue weighted by Crippen LogP contribution is 2.43. The topological polar surface area (TPSA) is 114 Å². The van der Waals surface area contributed by atoms with Crippen LogP contribution in [0.2, 0.25) is 0 Å². The molecule has 3 aromatic rings. The summed E-state index contributed by atoms with van der Waals surface area (Å²) >= 11 is 0. The lowest BCUT2D eigenvalue weighted by atomic mass is 9.67. The average Bonchev–Trinajstić information content (AvgIpc) is 3.90. The third kappa shape index (κ3) is 7.94. The van der Waals surface area contributed by atoms with Crippen LogP contribution in [0.15, 0.2) is 87.5 Å². The van der Waals surface area contributed by atoms with Crippen molar-refractivity contribution in [2.75, 3.05) is 12.8 Å². The SMILES string of the molecule is CCS(=O)(=O)c1ccc(C(C)(CCC(C)(C)c2ccc(S(=O)(=O)NC)cc2)CCC(C)(C)c2ccc(S(=O)(=O)C3CC3)cc2)cc1. The van der Waals surface area contributed by atoms with Crippen LogP contribution in [-0.4, -0.2) is 43.3 Å². The first-order chi connectivity index (χ1) is 21.3. The van der Waals surface area contributed by atoms with E-state index < -0.39 is 29.7 Å². The molecule has 1 atom stereocenters. The quantitative estimate of drug-likeness (QED) is 0.182. The van der Waals surface area contributed by atoms with Gasteiger partial charge in [0, 0.05) is 0 Å². The predicted molar refractivity (Wildman–Crippen MR) is 185 cm³/mol. The molecule has 1 saturated carbocycles. The molecule has 1 fully saturated rings. The first-order valence-corrected chi connectivity index (χ1v) is 20.7. The molecule has 3 aromatic carbocycles. The van der Waals surface area contributed by atoms with Gasteiger partial charge < -0.3 is 0 Å². The van der Waals surface area contributed by atoms with Crippen LogP contribution in [0.5, 0.6) is 0 Å². The van der Waals surface area contributed by atoms with Gasteiger partial charge in [0.1, 0.15) is 0 Å². The Morgan fingerprint density at radius 1 is 0.587 bits per heavy atom. The minimum Gasteiger partial charge on any atom is -0.224 e. The third-order valence-electron chi connectivity index (χ3n) is 10.0. The van der Waals surface area contributed by atoms with E-state index in [2.05, 4.69) is 39.3 Å². The number of rotatable bonds is 15. The summed E-state index contributed by atoms with van der Waals surface area (Å²) in [5.74, 6) is 0.0428. The second-order valence-electron chi connectivity index (χ2n) is 14.3. The molecular weight excluding hydrogens is 639 g/mol. The summed E-state index contributed by atoms with van der Waals surface area (Å²) in [6, 6.07) is 21.7. The van der Waals surface area contributed by atoms with E-state index >= 15 is 0 Å². The van der Waals surface area contributed by atoms with Gasteiger partial charge in [-0.3, -0.25) is 0 Å². The van der Waals surface area contributed by atoms with Gasteiger partial charge in [0.2, 0.25) is 10.0 Å². The Balaban J connectivity index is 1.59. The molecule has 0 amide bonds. The first kappa shape index (κ1) is 36.3. The largest absolute Gasteiger partial charge is 0.240 e. The van der Waals surface area contributed by atoms with Gasteiger partial charge in [-0.05, 0) is 115 Å². The summed E-state index contributed by atoms with van der Waals surface area (Å²) in [5, 5.41) is -0.241. The number of hydrogen-bond acceptors (Lipinski definition) is 6. The molecule has 1 aliphatic carbocycles. The highest BCUT2D eigenvalue weighted by molar-refractivity contribution is 7.92. The summed E-state index contributed by atoms with van der Waals surface area (Å²) in [6.07, 6.45) is 4.73. The molecule has 0 aliphatic heterocycles. The molecule has 0 aromatic heterocycles. The molecule has 1 unspecified atom stereocenters. The molecule has 4 rings (SSSR count). The molecule has 0 spiro atoms. The molecule has 46 heavy (non-hydrogen) atoms. The fraction of sp³-hybridized carbons (Fsp3) is 0.500. The lowest BCUT2D eigenvalue weighted by Crippen LogP contribution is -2.30. The van der Waals surface area contributed by atoms with E-state index in [9.17, 15) is 25.3 Å². The minimum absolute atomic E-state index is 0.0428. The second kappa shape index (κ2) is 13.2. The Morgan fingerprint density at radius 2 is 0.978 bits per heavy atom. The summed E-state index contributed by atoms with van der Waals surface area (Å²) in [5.41, 5.74) is 2.39. The normalized spacial score (nSPS) is 16.2. The smallest absolute Gasteiger partial charge is 0.224 e. The Labute approximate surface area is 277 Å². The van der Waals surface area contributed by atoms with Crippen molar-refractivity contribution < 1.29 is 25.3 Å². The van der Waals surface area contributed by atoms with Crippen molar-refractivity contribution >= 4 is 29.7 Å². The van der Waals surface area contributed by atoms with Gasteiger partial charge in [0.05, 0.1) is 25.7 Å². The van der Waals surface area contributed by atoms with Crippen molar-refractivity contribution in [2.24, 2.45) is 0 Å². The molecular formula is C36H49NO6S3. The minimum atomic E-state index is -3.53. The molecule has 10 heteroatoms. The van der Waals surface area contributed by atoms with Crippen LogP contribution in [-0.2, 0) is 45.9 Å². The maximum absolute atomic E-state index is 12.7.